The van der Waals surface area contributed by atoms with Gasteiger partial charge in [0.25, 0.3) is 0 Å². The van der Waals surface area contributed by atoms with E-state index in [-0.39, 0.29) is 22.4 Å². The lowest BCUT2D eigenvalue weighted by molar-refractivity contribution is -0.0509. The van der Waals surface area contributed by atoms with Crippen molar-refractivity contribution in [2.45, 2.75) is 13.2 Å². The Bertz CT molecular complexity index is 497. The highest BCUT2D eigenvalue weighted by atomic mass is 19.3. The zero-order chi connectivity index (χ0) is 13.7. The number of carbonyl (C=O) groups is 1. The third kappa shape index (κ3) is 2.93. The van der Waals surface area contributed by atoms with E-state index < -0.39 is 19.2 Å². The molecule has 1 rings (SSSR count). The maximum Gasteiger partial charge on any atom is 0.387 e. The number of halogens is 2. The van der Waals surface area contributed by atoms with Crippen molar-refractivity contribution in [1.82, 2.24) is 0 Å². The number of hydrogen-bond donors (Lipinski definition) is 1. The van der Waals surface area contributed by atoms with Crippen LogP contribution in [0.15, 0.2) is 12.1 Å². The highest BCUT2D eigenvalue weighted by Gasteiger charge is 2.18. The van der Waals surface area contributed by atoms with Gasteiger partial charge in [-0.1, -0.05) is 0 Å². The van der Waals surface area contributed by atoms with E-state index in [4.69, 9.17) is 10.4 Å². The number of aliphatic hydroxyl groups is 1. The molecule has 0 atom stereocenters. The molecule has 0 amide bonds. The molecule has 1 N–H and O–H groups in total. The number of alkyl halides is 2. The molecule has 1 aromatic carbocycles. The van der Waals surface area contributed by atoms with Crippen LogP contribution in [0, 0.1) is 11.3 Å². The van der Waals surface area contributed by atoms with Gasteiger partial charge in [-0.2, -0.15) is 14.0 Å². The molecule has 1 aromatic rings. The summed E-state index contributed by atoms with van der Waals surface area (Å²) in [5.74, 6) is -1.15. The number of aliphatic hydroxyl groups excluding tert-OH is 1. The molecule has 0 aliphatic heterocycles. The van der Waals surface area contributed by atoms with E-state index in [1.54, 1.807) is 6.07 Å². The molecule has 0 unspecified atom stereocenters. The Balaban J connectivity index is 3.33. The second-order valence-electron chi connectivity index (χ2n) is 3.15. The minimum atomic E-state index is -3.09. The van der Waals surface area contributed by atoms with Gasteiger partial charge in [-0.25, -0.2) is 4.79 Å². The average Bonchev–Trinajstić information content (AvgIpc) is 2.36. The first-order chi connectivity index (χ1) is 8.53. The minimum absolute atomic E-state index is 0.0327. The summed E-state index contributed by atoms with van der Waals surface area (Å²) in [5, 5.41) is 17.8. The first kappa shape index (κ1) is 13.9. The van der Waals surface area contributed by atoms with Gasteiger partial charge in [-0.15, -0.1) is 0 Å². The predicted molar refractivity (Wildman–Crippen MR) is 55.1 cm³/mol. The summed E-state index contributed by atoms with van der Waals surface area (Å²) in [5.41, 5.74) is -0.324. The number of ether oxygens (including phenoxy) is 2. The fraction of sp³-hybridized carbons (Fsp3) is 0.273. The molecule has 0 saturated carbocycles. The maximum atomic E-state index is 12.1. The van der Waals surface area contributed by atoms with Crippen molar-refractivity contribution in [3.05, 3.63) is 28.8 Å². The summed E-state index contributed by atoms with van der Waals surface area (Å²) < 4.78 is 32.8. The molecule has 0 spiro atoms. The number of rotatable bonds is 4. The van der Waals surface area contributed by atoms with Crippen LogP contribution < -0.4 is 4.74 Å². The summed E-state index contributed by atoms with van der Waals surface area (Å²) in [4.78, 5) is 11.4. The molecular weight excluding hydrogens is 248 g/mol. The Kier molecular flexibility index (Phi) is 4.57. The van der Waals surface area contributed by atoms with Gasteiger partial charge in [0.15, 0.2) is 0 Å². The van der Waals surface area contributed by atoms with Crippen molar-refractivity contribution in [3.63, 3.8) is 0 Å². The molecular formula is C11H9F2NO4. The van der Waals surface area contributed by atoms with Crippen LogP contribution in [0.5, 0.6) is 5.75 Å². The highest BCUT2D eigenvalue weighted by molar-refractivity contribution is 5.92. The van der Waals surface area contributed by atoms with Crippen LogP contribution >= 0.6 is 0 Å². The summed E-state index contributed by atoms with van der Waals surface area (Å²) in [6.45, 7) is -3.71. The highest BCUT2D eigenvalue weighted by Crippen LogP contribution is 2.25. The Hall–Kier alpha value is -2.20. The van der Waals surface area contributed by atoms with Gasteiger partial charge in [0.1, 0.15) is 11.8 Å². The Morgan fingerprint density at radius 2 is 2.22 bits per heavy atom. The van der Waals surface area contributed by atoms with Crippen molar-refractivity contribution < 1.29 is 28.2 Å². The van der Waals surface area contributed by atoms with Crippen molar-refractivity contribution in [2.24, 2.45) is 0 Å². The van der Waals surface area contributed by atoms with Crippen molar-refractivity contribution in [1.29, 1.82) is 5.26 Å². The second-order valence-corrected chi connectivity index (χ2v) is 3.15. The molecule has 18 heavy (non-hydrogen) atoms. The zero-order valence-corrected chi connectivity index (χ0v) is 9.31. The molecule has 0 radical (unpaired) electrons. The average molecular weight is 257 g/mol. The molecule has 0 fully saturated rings. The first-order valence-corrected chi connectivity index (χ1v) is 4.74. The van der Waals surface area contributed by atoms with Crippen LogP contribution in [-0.4, -0.2) is 24.8 Å². The van der Waals surface area contributed by atoms with Gasteiger partial charge in [-0.3, -0.25) is 0 Å². The molecule has 0 saturated heterocycles. The van der Waals surface area contributed by atoms with E-state index in [0.29, 0.717) is 0 Å². The smallest absolute Gasteiger partial charge is 0.387 e. The zero-order valence-electron chi connectivity index (χ0n) is 9.31. The van der Waals surface area contributed by atoms with E-state index in [1.165, 1.54) is 0 Å². The number of nitriles is 1. The fourth-order valence-electron chi connectivity index (χ4n) is 1.33. The monoisotopic (exact) mass is 257 g/mol. The Morgan fingerprint density at radius 3 is 2.67 bits per heavy atom. The van der Waals surface area contributed by atoms with Crippen molar-refractivity contribution in [2.75, 3.05) is 7.11 Å². The third-order valence-corrected chi connectivity index (χ3v) is 2.11. The minimum Gasteiger partial charge on any atom is -0.465 e. The van der Waals surface area contributed by atoms with Gasteiger partial charge in [-0.05, 0) is 12.1 Å². The summed E-state index contributed by atoms with van der Waals surface area (Å²) in [6, 6.07) is 3.72. The normalized spacial score (nSPS) is 10.0. The molecule has 7 heteroatoms. The number of hydrogen-bond acceptors (Lipinski definition) is 5. The van der Waals surface area contributed by atoms with Crippen LogP contribution in [-0.2, 0) is 11.3 Å². The van der Waals surface area contributed by atoms with Crippen LogP contribution in [0.3, 0.4) is 0 Å². The maximum absolute atomic E-state index is 12.1. The van der Waals surface area contributed by atoms with E-state index in [0.717, 1.165) is 19.2 Å². The number of nitrogens with zero attached hydrogens (tertiary/aromatic N) is 1. The standard InChI is InChI=1S/C11H9F2NO4/c1-17-10(16)8-2-7(5-15)9(18-11(12)13)3-6(8)4-14/h2-3,11,15H,5H2,1H3. The Labute approximate surface area is 101 Å². The lowest BCUT2D eigenvalue weighted by Gasteiger charge is -2.11. The quantitative estimate of drug-likeness (QED) is 0.825. The molecule has 0 aliphatic carbocycles. The van der Waals surface area contributed by atoms with E-state index >= 15 is 0 Å². The lowest BCUT2D eigenvalue weighted by atomic mass is 10.0. The lowest BCUT2D eigenvalue weighted by Crippen LogP contribution is -2.09. The number of esters is 1. The topological polar surface area (TPSA) is 79.6 Å². The van der Waals surface area contributed by atoms with Crippen LogP contribution in [0.2, 0.25) is 0 Å². The number of benzene rings is 1. The van der Waals surface area contributed by atoms with Crippen LogP contribution in [0.4, 0.5) is 8.78 Å². The largest absolute Gasteiger partial charge is 0.465 e. The van der Waals surface area contributed by atoms with Gasteiger partial charge in [0.05, 0.1) is 24.8 Å². The number of carbonyl (C=O) groups excluding carboxylic acids is 1. The molecule has 0 heterocycles. The first-order valence-electron chi connectivity index (χ1n) is 4.74. The third-order valence-electron chi connectivity index (χ3n) is 2.11. The summed E-state index contributed by atoms with van der Waals surface area (Å²) >= 11 is 0. The van der Waals surface area contributed by atoms with Crippen molar-refractivity contribution in [3.8, 4) is 11.8 Å². The van der Waals surface area contributed by atoms with E-state index in [9.17, 15) is 13.6 Å². The van der Waals surface area contributed by atoms with E-state index in [2.05, 4.69) is 9.47 Å². The van der Waals surface area contributed by atoms with Crippen molar-refractivity contribution >= 4 is 5.97 Å². The number of methoxy groups -OCH3 is 1. The molecule has 0 bridgehead atoms. The van der Waals surface area contributed by atoms with Crippen LogP contribution in [0.25, 0.3) is 0 Å². The molecule has 96 valence electrons. The van der Waals surface area contributed by atoms with Gasteiger partial charge in [0.2, 0.25) is 0 Å². The molecule has 0 aromatic heterocycles. The summed E-state index contributed by atoms with van der Waals surface area (Å²) in [7, 11) is 1.12. The summed E-state index contributed by atoms with van der Waals surface area (Å²) in [6.07, 6.45) is 0. The van der Waals surface area contributed by atoms with E-state index in [1.807, 2.05) is 0 Å². The Morgan fingerprint density at radius 1 is 1.56 bits per heavy atom. The molecule has 0 aliphatic rings. The van der Waals surface area contributed by atoms with Crippen LogP contribution in [0.1, 0.15) is 21.5 Å². The van der Waals surface area contributed by atoms with Gasteiger partial charge < -0.3 is 14.6 Å². The predicted octanol–water partition coefficient (Wildman–Crippen LogP) is 1.44. The van der Waals surface area contributed by atoms with Gasteiger partial charge >= 0.3 is 12.6 Å². The van der Waals surface area contributed by atoms with Gasteiger partial charge in [0, 0.05) is 5.56 Å². The second kappa shape index (κ2) is 5.93. The molecule has 5 nitrogen and oxygen atoms in total. The SMILES string of the molecule is COC(=O)c1cc(CO)c(OC(F)F)cc1C#N. The fourth-order valence-corrected chi connectivity index (χ4v) is 1.33.